The van der Waals surface area contributed by atoms with Crippen LogP contribution in [0.25, 0.3) is 5.95 Å². The first kappa shape index (κ1) is 16.6. The highest BCUT2D eigenvalue weighted by atomic mass is 16.1. The smallest absolute Gasteiger partial charge is 0.256 e. The van der Waals surface area contributed by atoms with Crippen LogP contribution in [0.15, 0.2) is 47.4 Å². The zero-order chi connectivity index (χ0) is 18.0. The topological polar surface area (TPSA) is 92.7 Å². The van der Waals surface area contributed by atoms with Crippen LogP contribution in [0.2, 0.25) is 0 Å². The number of carbonyl (C=O) groups is 1. The third-order valence-electron chi connectivity index (χ3n) is 3.75. The van der Waals surface area contributed by atoms with E-state index < -0.39 is 0 Å². The lowest BCUT2D eigenvalue weighted by Crippen LogP contribution is -2.21. The molecule has 7 nitrogen and oxygen atoms in total. The van der Waals surface area contributed by atoms with Crippen LogP contribution in [-0.4, -0.2) is 25.7 Å². The highest BCUT2D eigenvalue weighted by Crippen LogP contribution is 2.16. The van der Waals surface area contributed by atoms with Crippen molar-refractivity contribution in [2.75, 3.05) is 5.32 Å². The SMILES string of the molecule is Cc1cc(NC(=O)c2ccccc2)n(-c2ncc(C(C)C)c(=O)[nH]2)n1. The molecule has 0 radical (unpaired) electrons. The number of hydrogen-bond donors (Lipinski definition) is 2. The Bertz CT molecular complexity index is 957. The predicted molar refractivity (Wildman–Crippen MR) is 95.2 cm³/mol. The number of benzene rings is 1. The minimum atomic E-state index is -0.261. The van der Waals surface area contributed by atoms with Gasteiger partial charge in [0.2, 0.25) is 5.95 Å². The van der Waals surface area contributed by atoms with Crippen LogP contribution >= 0.6 is 0 Å². The Hall–Kier alpha value is -3.22. The van der Waals surface area contributed by atoms with Gasteiger partial charge in [-0.1, -0.05) is 32.0 Å². The van der Waals surface area contributed by atoms with Crippen LogP contribution in [0.4, 0.5) is 5.82 Å². The molecule has 0 unspecified atom stereocenters. The first-order valence-electron chi connectivity index (χ1n) is 7.98. The summed E-state index contributed by atoms with van der Waals surface area (Å²) in [6.07, 6.45) is 1.54. The number of rotatable bonds is 4. The lowest BCUT2D eigenvalue weighted by Gasteiger charge is -2.09. The highest BCUT2D eigenvalue weighted by molar-refractivity contribution is 6.03. The molecule has 0 atom stereocenters. The van der Waals surface area contributed by atoms with Gasteiger partial charge in [-0.2, -0.15) is 9.78 Å². The summed E-state index contributed by atoms with van der Waals surface area (Å²) in [5.41, 5.74) is 1.61. The van der Waals surface area contributed by atoms with Gasteiger partial charge in [-0.05, 0) is 25.0 Å². The molecule has 0 aliphatic heterocycles. The number of carbonyl (C=O) groups excluding carboxylic acids is 1. The summed E-state index contributed by atoms with van der Waals surface area (Å²) in [7, 11) is 0. The van der Waals surface area contributed by atoms with Crippen LogP contribution in [-0.2, 0) is 0 Å². The van der Waals surface area contributed by atoms with Crippen molar-refractivity contribution in [1.29, 1.82) is 0 Å². The summed E-state index contributed by atoms with van der Waals surface area (Å²) in [6.45, 7) is 5.65. The quantitative estimate of drug-likeness (QED) is 0.765. The van der Waals surface area contributed by atoms with Crippen molar-refractivity contribution in [3.63, 3.8) is 0 Å². The molecule has 1 amide bonds. The molecule has 0 saturated carbocycles. The van der Waals surface area contributed by atoms with Crippen molar-refractivity contribution in [3.05, 3.63) is 69.8 Å². The van der Waals surface area contributed by atoms with E-state index in [2.05, 4.69) is 20.4 Å². The van der Waals surface area contributed by atoms with Gasteiger partial charge in [0.05, 0.1) is 5.69 Å². The van der Waals surface area contributed by atoms with Crippen molar-refractivity contribution in [2.24, 2.45) is 0 Å². The first-order valence-corrected chi connectivity index (χ1v) is 7.98. The Morgan fingerprint density at radius 2 is 1.96 bits per heavy atom. The van der Waals surface area contributed by atoms with Crippen LogP contribution < -0.4 is 10.9 Å². The van der Waals surface area contributed by atoms with Crippen LogP contribution in [0.5, 0.6) is 0 Å². The van der Waals surface area contributed by atoms with E-state index >= 15 is 0 Å². The number of nitrogens with one attached hydrogen (secondary N) is 2. The summed E-state index contributed by atoms with van der Waals surface area (Å²) in [6, 6.07) is 10.6. The fourth-order valence-corrected chi connectivity index (χ4v) is 2.44. The van der Waals surface area contributed by atoms with Gasteiger partial charge in [-0.25, -0.2) is 4.98 Å². The molecule has 25 heavy (non-hydrogen) atoms. The minimum Gasteiger partial charge on any atom is -0.306 e. The van der Waals surface area contributed by atoms with E-state index in [1.165, 1.54) is 4.68 Å². The lowest BCUT2D eigenvalue weighted by molar-refractivity contribution is 0.102. The normalized spacial score (nSPS) is 10.9. The Balaban J connectivity index is 1.95. The molecule has 0 spiro atoms. The fourth-order valence-electron chi connectivity index (χ4n) is 2.44. The summed E-state index contributed by atoms with van der Waals surface area (Å²) in [4.78, 5) is 31.6. The molecule has 128 valence electrons. The molecule has 3 aromatic rings. The summed E-state index contributed by atoms with van der Waals surface area (Å²) in [5.74, 6) is 0.502. The van der Waals surface area contributed by atoms with Crippen molar-refractivity contribution in [1.82, 2.24) is 19.7 Å². The maximum absolute atomic E-state index is 12.4. The van der Waals surface area contributed by atoms with E-state index in [0.717, 1.165) is 0 Å². The second-order valence-corrected chi connectivity index (χ2v) is 6.05. The Kier molecular flexibility index (Phi) is 4.47. The lowest BCUT2D eigenvalue weighted by atomic mass is 10.1. The van der Waals surface area contributed by atoms with E-state index in [1.807, 2.05) is 19.9 Å². The van der Waals surface area contributed by atoms with Gasteiger partial charge in [-0.15, -0.1) is 0 Å². The fraction of sp³-hybridized carbons (Fsp3) is 0.222. The molecule has 2 heterocycles. The molecule has 3 rings (SSSR count). The molecule has 0 saturated heterocycles. The maximum atomic E-state index is 12.4. The third-order valence-corrected chi connectivity index (χ3v) is 3.75. The Morgan fingerprint density at radius 1 is 1.24 bits per heavy atom. The van der Waals surface area contributed by atoms with Crippen molar-refractivity contribution < 1.29 is 4.79 Å². The van der Waals surface area contributed by atoms with Crippen molar-refractivity contribution >= 4 is 11.7 Å². The molecule has 2 aromatic heterocycles. The molecule has 2 N–H and O–H groups in total. The number of hydrogen-bond acceptors (Lipinski definition) is 4. The molecular weight excluding hydrogens is 318 g/mol. The molecule has 0 fully saturated rings. The van der Waals surface area contributed by atoms with Crippen molar-refractivity contribution in [3.8, 4) is 5.95 Å². The zero-order valence-corrected chi connectivity index (χ0v) is 14.3. The number of aryl methyl sites for hydroxylation is 1. The second-order valence-electron chi connectivity index (χ2n) is 6.05. The molecule has 7 heteroatoms. The first-order chi connectivity index (χ1) is 12.0. The molecule has 0 aliphatic carbocycles. The number of amides is 1. The third kappa shape index (κ3) is 3.50. The molecular formula is C18H19N5O2. The van der Waals surface area contributed by atoms with E-state index in [1.54, 1.807) is 43.5 Å². The Morgan fingerprint density at radius 3 is 2.60 bits per heavy atom. The zero-order valence-electron chi connectivity index (χ0n) is 14.3. The standard InChI is InChI=1S/C18H19N5O2/c1-11(2)14-10-19-18(21-17(14)25)23-15(9-12(3)22-23)20-16(24)13-7-5-4-6-8-13/h4-11H,1-3H3,(H,20,24)(H,19,21,25). The van der Waals surface area contributed by atoms with Gasteiger partial charge >= 0.3 is 0 Å². The average molecular weight is 337 g/mol. The second kappa shape index (κ2) is 6.72. The van der Waals surface area contributed by atoms with Gasteiger partial charge in [-0.3, -0.25) is 14.6 Å². The number of anilines is 1. The van der Waals surface area contributed by atoms with Gasteiger partial charge in [0.1, 0.15) is 5.82 Å². The summed E-state index contributed by atoms with van der Waals surface area (Å²) < 4.78 is 1.42. The van der Waals surface area contributed by atoms with E-state index in [4.69, 9.17) is 0 Å². The largest absolute Gasteiger partial charge is 0.306 e. The van der Waals surface area contributed by atoms with Crippen LogP contribution in [0.3, 0.4) is 0 Å². The predicted octanol–water partition coefficient (Wildman–Crippen LogP) is 2.64. The number of aromatic nitrogens is 4. The summed E-state index contributed by atoms with van der Waals surface area (Å²) >= 11 is 0. The molecule has 0 aliphatic rings. The average Bonchev–Trinajstić information content (AvgIpc) is 2.95. The molecule has 1 aromatic carbocycles. The maximum Gasteiger partial charge on any atom is 0.256 e. The van der Waals surface area contributed by atoms with E-state index in [0.29, 0.717) is 22.6 Å². The van der Waals surface area contributed by atoms with Gasteiger partial charge in [0.25, 0.3) is 11.5 Å². The minimum absolute atomic E-state index is 0.0712. The highest BCUT2D eigenvalue weighted by Gasteiger charge is 2.15. The van der Waals surface area contributed by atoms with Gasteiger partial charge < -0.3 is 5.32 Å². The van der Waals surface area contributed by atoms with Gasteiger partial charge in [0, 0.05) is 23.4 Å². The van der Waals surface area contributed by atoms with Gasteiger partial charge in [0.15, 0.2) is 0 Å². The number of H-pyrrole nitrogens is 1. The van der Waals surface area contributed by atoms with E-state index in [-0.39, 0.29) is 23.3 Å². The number of nitrogens with zero attached hydrogens (tertiary/aromatic N) is 3. The number of aromatic amines is 1. The van der Waals surface area contributed by atoms with Crippen LogP contribution in [0, 0.1) is 6.92 Å². The monoisotopic (exact) mass is 337 g/mol. The van der Waals surface area contributed by atoms with E-state index in [9.17, 15) is 9.59 Å². The van der Waals surface area contributed by atoms with Crippen molar-refractivity contribution in [2.45, 2.75) is 26.7 Å². The molecule has 0 bridgehead atoms. The summed E-state index contributed by atoms with van der Waals surface area (Å²) in [5, 5.41) is 7.12. The Labute approximate surface area is 144 Å². The van der Waals surface area contributed by atoms with Crippen LogP contribution in [0.1, 0.15) is 41.4 Å².